The lowest BCUT2D eigenvalue weighted by Gasteiger charge is -2.49. The van der Waals surface area contributed by atoms with Crippen LogP contribution in [0.4, 0.5) is 5.69 Å². The van der Waals surface area contributed by atoms with E-state index in [-0.39, 0.29) is 5.54 Å². The van der Waals surface area contributed by atoms with E-state index < -0.39 is 0 Å². The minimum atomic E-state index is -0.0148. The van der Waals surface area contributed by atoms with Crippen molar-refractivity contribution in [1.29, 1.82) is 0 Å². The third-order valence-corrected chi connectivity index (χ3v) is 3.63. The summed E-state index contributed by atoms with van der Waals surface area (Å²) in [6.07, 6.45) is 4.06. The van der Waals surface area contributed by atoms with Crippen molar-refractivity contribution in [2.24, 2.45) is 5.73 Å². The van der Waals surface area contributed by atoms with E-state index in [0.717, 1.165) is 42.5 Å². The molecule has 2 heterocycles. The first-order valence-electron chi connectivity index (χ1n) is 6.46. The molecule has 0 atom stereocenters. The lowest BCUT2D eigenvalue weighted by molar-refractivity contribution is 0.308. The van der Waals surface area contributed by atoms with Gasteiger partial charge in [0.05, 0.1) is 22.9 Å². The number of hydrogen-bond donors (Lipinski definition) is 1. The first-order valence-corrected chi connectivity index (χ1v) is 6.46. The molecule has 1 aliphatic rings. The van der Waals surface area contributed by atoms with Crippen LogP contribution >= 0.6 is 0 Å². The Hall–Kier alpha value is -1.68. The zero-order valence-corrected chi connectivity index (χ0v) is 10.6. The number of nitrogens with zero attached hydrogens (tertiary/aromatic N) is 3. The fourth-order valence-corrected chi connectivity index (χ4v) is 2.78. The number of fused-ring (bicyclic) bond motifs is 1. The van der Waals surface area contributed by atoms with Crippen LogP contribution in [-0.2, 0) is 0 Å². The third kappa shape index (κ3) is 1.82. The molecule has 4 heteroatoms. The molecule has 3 rings (SSSR count). The van der Waals surface area contributed by atoms with Crippen molar-refractivity contribution in [2.75, 3.05) is 18.0 Å². The number of hydrogen-bond acceptors (Lipinski definition) is 4. The summed E-state index contributed by atoms with van der Waals surface area (Å²) in [5.41, 5.74) is 8.39. The fourth-order valence-electron chi connectivity index (χ4n) is 2.78. The number of aromatic nitrogens is 2. The lowest BCUT2D eigenvalue weighted by atomic mass is 9.86. The highest BCUT2D eigenvalue weighted by atomic mass is 15.3. The van der Waals surface area contributed by atoms with Crippen LogP contribution in [0, 0.1) is 0 Å². The van der Waals surface area contributed by atoms with Gasteiger partial charge in [-0.15, -0.1) is 0 Å². The van der Waals surface area contributed by atoms with Crippen LogP contribution < -0.4 is 10.6 Å². The normalized spacial score (nSPS) is 17.8. The highest BCUT2D eigenvalue weighted by molar-refractivity contribution is 5.91. The molecule has 0 aliphatic carbocycles. The van der Waals surface area contributed by atoms with Crippen molar-refractivity contribution >= 4 is 16.6 Å². The van der Waals surface area contributed by atoms with Gasteiger partial charge < -0.3 is 10.6 Å². The van der Waals surface area contributed by atoms with Gasteiger partial charge in [0.25, 0.3) is 0 Å². The number of nitrogens with two attached hydrogens (primary N) is 1. The number of benzene rings is 1. The van der Waals surface area contributed by atoms with Crippen molar-refractivity contribution in [2.45, 2.75) is 25.3 Å². The van der Waals surface area contributed by atoms with Gasteiger partial charge in [0.15, 0.2) is 0 Å². The highest BCUT2D eigenvalue weighted by Crippen LogP contribution is 2.32. The Bertz CT molecular complexity index is 555. The SMILES string of the molecule is CCCC1(N)CN(c2cnnc3ccccc23)C1. The molecule has 1 aromatic carbocycles. The highest BCUT2D eigenvalue weighted by Gasteiger charge is 2.39. The van der Waals surface area contributed by atoms with E-state index in [4.69, 9.17) is 5.73 Å². The van der Waals surface area contributed by atoms with Gasteiger partial charge in [0.1, 0.15) is 0 Å². The molecule has 0 saturated carbocycles. The zero-order valence-electron chi connectivity index (χ0n) is 10.6. The molecular formula is C14H18N4. The summed E-state index contributed by atoms with van der Waals surface area (Å²) in [4.78, 5) is 2.30. The summed E-state index contributed by atoms with van der Waals surface area (Å²) in [5.74, 6) is 0. The van der Waals surface area contributed by atoms with E-state index in [2.05, 4.69) is 28.1 Å². The van der Waals surface area contributed by atoms with Gasteiger partial charge in [0, 0.05) is 18.5 Å². The first-order chi connectivity index (χ1) is 8.72. The summed E-state index contributed by atoms with van der Waals surface area (Å²) >= 11 is 0. The number of anilines is 1. The van der Waals surface area contributed by atoms with Gasteiger partial charge in [-0.1, -0.05) is 31.5 Å². The molecule has 94 valence electrons. The maximum absolute atomic E-state index is 6.31. The topological polar surface area (TPSA) is 55.0 Å². The summed E-state index contributed by atoms with van der Waals surface area (Å²) < 4.78 is 0. The molecule has 1 aliphatic heterocycles. The maximum Gasteiger partial charge on any atom is 0.0950 e. The van der Waals surface area contributed by atoms with Gasteiger partial charge >= 0.3 is 0 Å². The second kappa shape index (κ2) is 4.21. The number of rotatable bonds is 3. The molecule has 1 saturated heterocycles. The van der Waals surface area contributed by atoms with Crippen LogP contribution in [0.1, 0.15) is 19.8 Å². The van der Waals surface area contributed by atoms with Crippen molar-refractivity contribution in [3.05, 3.63) is 30.5 Å². The van der Waals surface area contributed by atoms with E-state index >= 15 is 0 Å². The second-order valence-electron chi connectivity index (χ2n) is 5.22. The summed E-state index contributed by atoms with van der Waals surface area (Å²) in [6, 6.07) is 8.11. The Morgan fingerprint density at radius 2 is 2.11 bits per heavy atom. The van der Waals surface area contributed by atoms with Gasteiger partial charge in [-0.3, -0.25) is 0 Å². The molecule has 0 bridgehead atoms. The van der Waals surface area contributed by atoms with Gasteiger partial charge in [-0.05, 0) is 12.5 Å². The minimum Gasteiger partial charge on any atom is -0.366 e. The predicted molar refractivity (Wildman–Crippen MR) is 73.6 cm³/mol. The molecule has 1 fully saturated rings. The first kappa shape index (κ1) is 11.4. The molecule has 2 N–H and O–H groups in total. The smallest absolute Gasteiger partial charge is 0.0950 e. The monoisotopic (exact) mass is 242 g/mol. The van der Waals surface area contributed by atoms with Gasteiger partial charge in [-0.2, -0.15) is 10.2 Å². The molecule has 0 radical (unpaired) electrons. The molecular weight excluding hydrogens is 224 g/mol. The van der Waals surface area contributed by atoms with E-state index in [1.54, 1.807) is 0 Å². The minimum absolute atomic E-state index is 0.0148. The zero-order chi connectivity index (χ0) is 12.6. The average Bonchev–Trinajstić information content (AvgIpc) is 2.35. The summed E-state index contributed by atoms with van der Waals surface area (Å²) in [6.45, 7) is 4.01. The van der Waals surface area contributed by atoms with Crippen LogP contribution in [-0.4, -0.2) is 28.8 Å². The standard InChI is InChI=1S/C14H18N4/c1-2-7-14(15)9-18(10-14)13-8-16-17-12-6-4-3-5-11(12)13/h3-6,8H,2,7,9-10,15H2,1H3. The van der Waals surface area contributed by atoms with Crippen molar-refractivity contribution in [1.82, 2.24) is 10.2 Å². The van der Waals surface area contributed by atoms with Crippen LogP contribution in [0.25, 0.3) is 10.9 Å². The van der Waals surface area contributed by atoms with Gasteiger partial charge in [-0.25, -0.2) is 0 Å². The van der Waals surface area contributed by atoms with Crippen LogP contribution in [0.15, 0.2) is 30.5 Å². The third-order valence-electron chi connectivity index (χ3n) is 3.63. The van der Waals surface area contributed by atoms with Crippen LogP contribution in [0.2, 0.25) is 0 Å². The second-order valence-corrected chi connectivity index (χ2v) is 5.22. The van der Waals surface area contributed by atoms with Crippen molar-refractivity contribution in [3.8, 4) is 0 Å². The van der Waals surface area contributed by atoms with Crippen LogP contribution in [0.5, 0.6) is 0 Å². The molecule has 4 nitrogen and oxygen atoms in total. The van der Waals surface area contributed by atoms with Gasteiger partial charge in [0.2, 0.25) is 0 Å². The molecule has 0 unspecified atom stereocenters. The average molecular weight is 242 g/mol. The quantitative estimate of drug-likeness (QED) is 0.893. The Morgan fingerprint density at radius 3 is 2.89 bits per heavy atom. The van der Waals surface area contributed by atoms with E-state index in [9.17, 15) is 0 Å². The lowest BCUT2D eigenvalue weighted by Crippen LogP contribution is -2.67. The Kier molecular flexibility index (Phi) is 2.67. The Balaban J connectivity index is 1.89. The summed E-state index contributed by atoms with van der Waals surface area (Å²) in [7, 11) is 0. The fraction of sp³-hybridized carbons (Fsp3) is 0.429. The largest absolute Gasteiger partial charge is 0.366 e. The summed E-state index contributed by atoms with van der Waals surface area (Å²) in [5, 5.41) is 9.38. The maximum atomic E-state index is 6.31. The van der Waals surface area contributed by atoms with Crippen molar-refractivity contribution < 1.29 is 0 Å². The molecule has 18 heavy (non-hydrogen) atoms. The van der Waals surface area contributed by atoms with Crippen LogP contribution in [0.3, 0.4) is 0 Å². The molecule has 0 spiro atoms. The Labute approximate surface area is 107 Å². The molecule has 1 aromatic heterocycles. The predicted octanol–water partition coefficient (Wildman–Crippen LogP) is 1.95. The van der Waals surface area contributed by atoms with Crippen molar-refractivity contribution in [3.63, 3.8) is 0 Å². The van der Waals surface area contributed by atoms with E-state index in [0.29, 0.717) is 0 Å². The molecule has 0 amide bonds. The van der Waals surface area contributed by atoms with E-state index in [1.165, 1.54) is 0 Å². The van der Waals surface area contributed by atoms with E-state index in [1.807, 2.05) is 24.4 Å². The molecule has 2 aromatic rings. The Morgan fingerprint density at radius 1 is 1.33 bits per heavy atom.